The Morgan fingerprint density at radius 1 is 1.53 bits per heavy atom. The van der Waals surface area contributed by atoms with E-state index in [0.717, 1.165) is 5.56 Å². The summed E-state index contributed by atoms with van der Waals surface area (Å²) in [5.74, 6) is 0. The van der Waals surface area contributed by atoms with Gasteiger partial charge in [0.05, 0.1) is 6.26 Å². The van der Waals surface area contributed by atoms with Gasteiger partial charge in [0.25, 0.3) is 0 Å². The quantitative estimate of drug-likeness (QED) is 0.842. The summed E-state index contributed by atoms with van der Waals surface area (Å²) in [4.78, 5) is 2.00. The maximum Gasteiger partial charge on any atom is 0.208 e. The van der Waals surface area contributed by atoms with Gasteiger partial charge in [0.1, 0.15) is 0 Å². The van der Waals surface area contributed by atoms with Crippen molar-refractivity contribution in [2.24, 2.45) is 0 Å². The molecule has 0 aromatic carbocycles. The number of sulfonamides is 1. The molecule has 15 heavy (non-hydrogen) atoms. The van der Waals surface area contributed by atoms with Crippen LogP contribution in [0.25, 0.3) is 0 Å². The fourth-order valence-corrected chi connectivity index (χ4v) is 2.46. The average molecular weight is 248 g/mol. The third-order valence-electron chi connectivity index (χ3n) is 2.09. The van der Waals surface area contributed by atoms with Gasteiger partial charge in [0.2, 0.25) is 10.0 Å². The summed E-state index contributed by atoms with van der Waals surface area (Å²) in [6.45, 7) is 0.405. The number of thiophene rings is 1. The van der Waals surface area contributed by atoms with Crippen LogP contribution in [0.2, 0.25) is 0 Å². The first-order valence-electron chi connectivity index (χ1n) is 4.53. The molecule has 1 aromatic rings. The van der Waals surface area contributed by atoms with Crippen molar-refractivity contribution in [2.45, 2.75) is 6.04 Å². The summed E-state index contributed by atoms with van der Waals surface area (Å²) in [6.07, 6.45) is 1.17. The number of likely N-dealkylation sites (N-methyl/N-ethyl adjacent to an activating group) is 1. The molecule has 0 spiro atoms. The van der Waals surface area contributed by atoms with E-state index in [0.29, 0.717) is 6.54 Å². The number of hydrogen-bond donors (Lipinski definition) is 1. The van der Waals surface area contributed by atoms with Crippen molar-refractivity contribution in [1.82, 2.24) is 9.62 Å². The minimum Gasteiger partial charge on any atom is -0.301 e. The lowest BCUT2D eigenvalue weighted by Gasteiger charge is -2.23. The molecule has 0 aliphatic heterocycles. The van der Waals surface area contributed by atoms with E-state index < -0.39 is 10.0 Å². The Balaban J connectivity index is 2.69. The molecule has 4 nitrogen and oxygen atoms in total. The number of nitrogens with one attached hydrogen (secondary N) is 1. The van der Waals surface area contributed by atoms with Gasteiger partial charge in [-0.3, -0.25) is 0 Å². The summed E-state index contributed by atoms with van der Waals surface area (Å²) in [6, 6.07) is 2.10. The first kappa shape index (κ1) is 12.6. The largest absolute Gasteiger partial charge is 0.301 e. The highest BCUT2D eigenvalue weighted by Gasteiger charge is 2.15. The highest BCUT2D eigenvalue weighted by Crippen LogP contribution is 2.19. The summed E-state index contributed by atoms with van der Waals surface area (Å²) in [5.41, 5.74) is 1.14. The molecule has 86 valence electrons. The Morgan fingerprint density at radius 2 is 2.20 bits per heavy atom. The van der Waals surface area contributed by atoms with Crippen LogP contribution in [0.1, 0.15) is 11.6 Å². The number of rotatable bonds is 5. The maximum atomic E-state index is 11.0. The molecular weight excluding hydrogens is 232 g/mol. The number of hydrogen-bond acceptors (Lipinski definition) is 4. The molecule has 1 N–H and O–H groups in total. The van der Waals surface area contributed by atoms with E-state index in [1.54, 1.807) is 11.3 Å². The van der Waals surface area contributed by atoms with E-state index in [-0.39, 0.29) is 6.04 Å². The van der Waals surface area contributed by atoms with Crippen LogP contribution in [0.3, 0.4) is 0 Å². The predicted octanol–water partition coefficient (Wildman–Crippen LogP) is 0.900. The lowest BCUT2D eigenvalue weighted by Crippen LogP contribution is -2.33. The van der Waals surface area contributed by atoms with Gasteiger partial charge in [-0.1, -0.05) is 0 Å². The molecule has 0 saturated heterocycles. The van der Waals surface area contributed by atoms with Crippen LogP contribution in [-0.4, -0.2) is 40.2 Å². The van der Waals surface area contributed by atoms with E-state index in [1.165, 1.54) is 6.26 Å². The molecule has 1 atom stereocenters. The van der Waals surface area contributed by atoms with Crippen LogP contribution in [-0.2, 0) is 10.0 Å². The van der Waals surface area contributed by atoms with E-state index in [2.05, 4.69) is 4.72 Å². The standard InChI is InChI=1S/C9H16N2O2S2/c1-11(2)9(6-10-15(3,12)13)8-4-5-14-7-8/h4-5,7,9-10H,6H2,1-3H3. The molecule has 0 saturated carbocycles. The summed E-state index contributed by atoms with van der Waals surface area (Å²) >= 11 is 1.61. The third kappa shape index (κ3) is 4.29. The Kier molecular flexibility index (Phi) is 4.27. The van der Waals surface area contributed by atoms with Crippen LogP contribution in [0.5, 0.6) is 0 Å². The molecule has 1 rings (SSSR count). The van der Waals surface area contributed by atoms with Crippen molar-refractivity contribution in [3.63, 3.8) is 0 Å². The maximum absolute atomic E-state index is 11.0. The van der Waals surface area contributed by atoms with Gasteiger partial charge in [-0.05, 0) is 36.5 Å². The zero-order valence-corrected chi connectivity index (χ0v) is 10.7. The molecule has 1 aromatic heterocycles. The van der Waals surface area contributed by atoms with E-state index in [4.69, 9.17) is 0 Å². The van der Waals surface area contributed by atoms with Gasteiger partial charge in [-0.2, -0.15) is 11.3 Å². The molecule has 0 aliphatic rings. The minimum absolute atomic E-state index is 0.0889. The highest BCUT2D eigenvalue weighted by molar-refractivity contribution is 7.88. The molecule has 0 bridgehead atoms. The Labute approximate surface area is 95.0 Å². The minimum atomic E-state index is -3.12. The van der Waals surface area contributed by atoms with Gasteiger partial charge in [0.15, 0.2) is 0 Å². The molecule has 1 heterocycles. The van der Waals surface area contributed by atoms with Crippen molar-refractivity contribution < 1.29 is 8.42 Å². The van der Waals surface area contributed by atoms with Gasteiger partial charge < -0.3 is 4.90 Å². The smallest absolute Gasteiger partial charge is 0.208 e. The highest BCUT2D eigenvalue weighted by atomic mass is 32.2. The van der Waals surface area contributed by atoms with E-state index in [1.807, 2.05) is 35.8 Å². The molecular formula is C9H16N2O2S2. The van der Waals surface area contributed by atoms with Crippen LogP contribution in [0, 0.1) is 0 Å². The summed E-state index contributed by atoms with van der Waals surface area (Å²) in [5, 5.41) is 4.03. The van der Waals surface area contributed by atoms with Gasteiger partial charge in [-0.15, -0.1) is 0 Å². The Morgan fingerprint density at radius 3 is 2.60 bits per heavy atom. The second-order valence-corrected chi connectivity index (χ2v) is 6.27. The summed E-state index contributed by atoms with van der Waals surface area (Å²) < 4.78 is 24.5. The zero-order chi connectivity index (χ0) is 11.5. The van der Waals surface area contributed by atoms with Crippen molar-refractivity contribution in [2.75, 3.05) is 26.9 Å². The third-order valence-corrected chi connectivity index (χ3v) is 3.48. The molecule has 1 unspecified atom stereocenters. The van der Waals surface area contributed by atoms with Crippen molar-refractivity contribution >= 4 is 21.4 Å². The second-order valence-electron chi connectivity index (χ2n) is 3.66. The number of nitrogens with zero attached hydrogens (tertiary/aromatic N) is 1. The fraction of sp³-hybridized carbons (Fsp3) is 0.556. The van der Waals surface area contributed by atoms with Crippen molar-refractivity contribution in [3.05, 3.63) is 22.4 Å². The lowest BCUT2D eigenvalue weighted by atomic mass is 10.1. The lowest BCUT2D eigenvalue weighted by molar-refractivity contribution is 0.300. The van der Waals surface area contributed by atoms with Crippen LogP contribution in [0.4, 0.5) is 0 Å². The average Bonchev–Trinajstić information content (AvgIpc) is 2.54. The Bertz CT molecular complexity index is 384. The topological polar surface area (TPSA) is 49.4 Å². The normalized spacial score (nSPS) is 14.4. The van der Waals surface area contributed by atoms with Crippen LogP contribution < -0.4 is 4.72 Å². The first-order chi connectivity index (χ1) is 6.90. The van der Waals surface area contributed by atoms with E-state index in [9.17, 15) is 8.42 Å². The van der Waals surface area contributed by atoms with Gasteiger partial charge >= 0.3 is 0 Å². The van der Waals surface area contributed by atoms with Crippen LogP contribution >= 0.6 is 11.3 Å². The predicted molar refractivity (Wildman–Crippen MR) is 63.6 cm³/mol. The SMILES string of the molecule is CN(C)C(CNS(C)(=O)=O)c1ccsc1. The van der Waals surface area contributed by atoms with Gasteiger partial charge in [-0.25, -0.2) is 13.1 Å². The molecule has 6 heteroatoms. The fourth-order valence-electron chi connectivity index (χ4n) is 1.29. The molecule has 0 aliphatic carbocycles. The Hall–Kier alpha value is -0.430. The zero-order valence-electron chi connectivity index (χ0n) is 9.10. The van der Waals surface area contributed by atoms with Crippen molar-refractivity contribution in [3.8, 4) is 0 Å². The van der Waals surface area contributed by atoms with Crippen LogP contribution in [0.15, 0.2) is 16.8 Å². The van der Waals surface area contributed by atoms with Gasteiger partial charge in [0, 0.05) is 12.6 Å². The van der Waals surface area contributed by atoms with Crippen molar-refractivity contribution in [1.29, 1.82) is 0 Å². The summed E-state index contributed by atoms with van der Waals surface area (Å²) in [7, 11) is 0.757. The van der Waals surface area contributed by atoms with E-state index >= 15 is 0 Å². The first-order valence-corrected chi connectivity index (χ1v) is 7.37. The monoisotopic (exact) mass is 248 g/mol. The molecule has 0 amide bonds. The second kappa shape index (κ2) is 5.07. The molecule has 0 fully saturated rings. The molecule has 0 radical (unpaired) electrons.